The maximum absolute atomic E-state index is 4.75. The fourth-order valence-electron chi connectivity index (χ4n) is 9.57. The Labute approximate surface area is 304 Å². The highest BCUT2D eigenvalue weighted by atomic mass is 15.3. The molecular formula is C44H55N7. The highest BCUT2D eigenvalue weighted by molar-refractivity contribution is 5.76. The minimum absolute atomic E-state index is 0.427. The number of pyridine rings is 1. The van der Waals surface area contributed by atoms with Crippen molar-refractivity contribution in [3.63, 3.8) is 0 Å². The lowest BCUT2D eigenvalue weighted by atomic mass is 9.59. The number of nitrogens with zero attached hydrogens (tertiary/aromatic N) is 6. The summed E-state index contributed by atoms with van der Waals surface area (Å²) in [4.78, 5) is 16.1. The number of piperidine rings is 1. The fourth-order valence-corrected chi connectivity index (χ4v) is 9.57. The van der Waals surface area contributed by atoms with Crippen LogP contribution in [-0.2, 0) is 26.4 Å². The number of H-pyrrole nitrogens is 1. The summed E-state index contributed by atoms with van der Waals surface area (Å²) in [6.07, 6.45) is 15.3. The second kappa shape index (κ2) is 14.1. The van der Waals surface area contributed by atoms with Gasteiger partial charge in [0.2, 0.25) is 0 Å². The summed E-state index contributed by atoms with van der Waals surface area (Å²) in [5.74, 6) is 0.515. The summed E-state index contributed by atoms with van der Waals surface area (Å²) >= 11 is 0. The number of aryl methyl sites for hydroxylation is 2. The molecule has 1 atom stereocenters. The van der Waals surface area contributed by atoms with Gasteiger partial charge in [-0.1, -0.05) is 63.8 Å². The van der Waals surface area contributed by atoms with Crippen LogP contribution in [0.2, 0.25) is 0 Å². The van der Waals surface area contributed by atoms with Crippen LogP contribution in [-0.4, -0.2) is 68.3 Å². The van der Waals surface area contributed by atoms with E-state index in [-0.39, 0.29) is 0 Å². The zero-order valence-corrected chi connectivity index (χ0v) is 31.1. The Balaban J connectivity index is 0.946. The average Bonchev–Trinajstić information content (AvgIpc) is 3.75. The monoisotopic (exact) mass is 681 g/mol. The Morgan fingerprint density at radius 2 is 1.82 bits per heavy atom. The molecule has 7 nitrogen and oxygen atoms in total. The van der Waals surface area contributed by atoms with Crippen molar-refractivity contribution in [2.45, 2.75) is 83.8 Å². The van der Waals surface area contributed by atoms with Crippen LogP contribution < -0.4 is 4.90 Å². The normalized spacial score (nSPS) is 20.0. The lowest BCUT2D eigenvalue weighted by molar-refractivity contribution is -0.0628. The van der Waals surface area contributed by atoms with E-state index in [0.29, 0.717) is 23.4 Å². The molecule has 8 rings (SSSR count). The summed E-state index contributed by atoms with van der Waals surface area (Å²) in [5, 5.41) is 5.92. The molecule has 0 amide bonds. The van der Waals surface area contributed by atoms with Gasteiger partial charge in [-0.3, -0.25) is 14.5 Å². The molecule has 3 aromatic heterocycles. The standard InChI is InChI=1S/C44H55N7/c1-6-33-12-13-37(24-35(33)23-32-22-34-14-17-45-43(34)46-27-32)50-18-15-44(16-19-50)25-38(26-44)51-21-20-49(29-36-28-48(5)47-41(36)7-2)30-42(51)40-11-9-8-10-39(40)31(3)4/h6,8-14,17,22,24,27-28,31,38,42H,1,7,15-16,18-21,23,25-26,29-30H2,2-5H3,(H,45,46). The smallest absolute Gasteiger partial charge is 0.137 e. The van der Waals surface area contributed by atoms with Crippen LogP contribution in [0.4, 0.5) is 5.69 Å². The third-order valence-corrected chi connectivity index (χ3v) is 12.4. The van der Waals surface area contributed by atoms with Crippen molar-refractivity contribution in [1.29, 1.82) is 0 Å². The molecule has 0 bridgehead atoms. The topological polar surface area (TPSA) is 56.2 Å². The lowest BCUT2D eigenvalue weighted by Gasteiger charge is -2.58. The van der Waals surface area contributed by atoms with E-state index < -0.39 is 0 Å². The van der Waals surface area contributed by atoms with E-state index in [2.05, 4.69) is 120 Å². The highest BCUT2D eigenvalue weighted by Gasteiger charge is 2.50. The molecule has 2 aliphatic heterocycles. The number of fused-ring (bicyclic) bond motifs is 1. The number of aromatic nitrogens is 4. The molecule has 1 unspecified atom stereocenters. The van der Waals surface area contributed by atoms with Gasteiger partial charge in [0.1, 0.15) is 5.65 Å². The number of nitrogens with one attached hydrogen (secondary N) is 1. The summed E-state index contributed by atoms with van der Waals surface area (Å²) in [5.41, 5.74) is 12.2. The predicted octanol–water partition coefficient (Wildman–Crippen LogP) is 8.52. The largest absolute Gasteiger partial charge is 0.371 e. The van der Waals surface area contributed by atoms with Gasteiger partial charge in [-0.2, -0.15) is 5.10 Å². The molecule has 5 heterocycles. The first-order valence-corrected chi connectivity index (χ1v) is 19.3. The molecule has 51 heavy (non-hydrogen) atoms. The summed E-state index contributed by atoms with van der Waals surface area (Å²) in [7, 11) is 2.05. The average molecular weight is 682 g/mol. The van der Waals surface area contributed by atoms with E-state index in [9.17, 15) is 0 Å². The van der Waals surface area contributed by atoms with Crippen LogP contribution in [0.25, 0.3) is 17.1 Å². The van der Waals surface area contributed by atoms with Crippen molar-refractivity contribution in [3.8, 4) is 0 Å². The summed E-state index contributed by atoms with van der Waals surface area (Å²) in [6, 6.07) is 21.7. The van der Waals surface area contributed by atoms with E-state index in [0.717, 1.165) is 63.1 Å². The Bertz CT molecular complexity index is 1990. The highest BCUT2D eigenvalue weighted by Crippen LogP contribution is 2.53. The van der Waals surface area contributed by atoms with E-state index in [1.165, 1.54) is 70.4 Å². The number of aromatic amines is 1. The minimum Gasteiger partial charge on any atom is -0.371 e. The maximum Gasteiger partial charge on any atom is 0.137 e. The Morgan fingerprint density at radius 1 is 1.00 bits per heavy atom. The van der Waals surface area contributed by atoms with Crippen molar-refractivity contribution in [3.05, 3.63) is 119 Å². The fraction of sp³-hybridized carbons (Fsp3) is 0.455. The maximum atomic E-state index is 4.75. The number of rotatable bonds is 10. The molecule has 1 N–H and O–H groups in total. The molecule has 7 heteroatoms. The number of piperazine rings is 1. The van der Waals surface area contributed by atoms with Gasteiger partial charge in [0.15, 0.2) is 0 Å². The molecule has 3 aliphatic rings. The first-order chi connectivity index (χ1) is 24.8. The minimum atomic E-state index is 0.427. The lowest BCUT2D eigenvalue weighted by Crippen LogP contribution is -2.60. The number of hydrogen-bond acceptors (Lipinski definition) is 5. The van der Waals surface area contributed by atoms with Gasteiger partial charge in [0.25, 0.3) is 0 Å². The van der Waals surface area contributed by atoms with Gasteiger partial charge in [-0.25, -0.2) is 4.98 Å². The SMILES string of the molecule is C=Cc1ccc(N2CCC3(CC2)CC(N2CCN(Cc4cn(C)nc4CC)CC2c2ccccc2C(C)C)C3)cc1Cc1cnc2[nH]ccc2c1. The van der Waals surface area contributed by atoms with E-state index in [4.69, 9.17) is 5.10 Å². The molecule has 1 saturated carbocycles. The van der Waals surface area contributed by atoms with E-state index in [1.54, 1.807) is 0 Å². The Morgan fingerprint density at radius 3 is 2.61 bits per heavy atom. The zero-order chi connectivity index (χ0) is 35.1. The molecule has 2 aromatic carbocycles. The van der Waals surface area contributed by atoms with Crippen LogP contribution in [0.15, 0.2) is 79.8 Å². The molecule has 3 fully saturated rings. The molecule has 2 saturated heterocycles. The Kier molecular flexibility index (Phi) is 9.36. The van der Waals surface area contributed by atoms with Gasteiger partial charge < -0.3 is 9.88 Å². The number of benzene rings is 2. The van der Waals surface area contributed by atoms with E-state index >= 15 is 0 Å². The van der Waals surface area contributed by atoms with Gasteiger partial charge in [-0.05, 0) is 102 Å². The molecule has 5 aromatic rings. The Hall–Kier alpha value is -4.20. The second-order valence-corrected chi connectivity index (χ2v) is 16.0. The zero-order valence-electron chi connectivity index (χ0n) is 31.1. The van der Waals surface area contributed by atoms with Crippen LogP contribution in [0, 0.1) is 5.41 Å². The first-order valence-electron chi connectivity index (χ1n) is 19.3. The number of anilines is 1. The van der Waals surface area contributed by atoms with Crippen molar-refractivity contribution >= 4 is 22.8 Å². The third-order valence-electron chi connectivity index (χ3n) is 12.4. The van der Waals surface area contributed by atoms with Gasteiger partial charge >= 0.3 is 0 Å². The van der Waals surface area contributed by atoms with Crippen LogP contribution in [0.3, 0.4) is 0 Å². The van der Waals surface area contributed by atoms with Crippen LogP contribution in [0.1, 0.15) is 97.5 Å². The van der Waals surface area contributed by atoms with Gasteiger partial charge in [0, 0.05) is 93.6 Å². The molecular weight excluding hydrogens is 627 g/mol. The third kappa shape index (κ3) is 6.78. The molecule has 266 valence electrons. The van der Waals surface area contributed by atoms with Gasteiger partial charge in [0.05, 0.1) is 5.69 Å². The van der Waals surface area contributed by atoms with Crippen molar-refractivity contribution in [2.24, 2.45) is 12.5 Å². The number of hydrogen-bond donors (Lipinski definition) is 1. The van der Waals surface area contributed by atoms with Crippen molar-refractivity contribution in [1.82, 2.24) is 29.5 Å². The first kappa shape index (κ1) is 33.9. The van der Waals surface area contributed by atoms with Crippen LogP contribution in [0.5, 0.6) is 0 Å². The van der Waals surface area contributed by atoms with Crippen molar-refractivity contribution < 1.29 is 0 Å². The molecule has 1 aliphatic carbocycles. The molecule has 0 radical (unpaired) electrons. The molecule has 1 spiro atoms. The van der Waals surface area contributed by atoms with E-state index in [1.807, 2.05) is 23.2 Å². The predicted molar refractivity (Wildman–Crippen MR) is 210 cm³/mol. The summed E-state index contributed by atoms with van der Waals surface area (Å²) < 4.78 is 1.99. The summed E-state index contributed by atoms with van der Waals surface area (Å²) in [6.45, 7) is 17.6. The van der Waals surface area contributed by atoms with Crippen molar-refractivity contribution in [2.75, 3.05) is 37.6 Å². The van der Waals surface area contributed by atoms with Gasteiger partial charge in [-0.15, -0.1) is 0 Å². The van der Waals surface area contributed by atoms with Crippen LogP contribution >= 0.6 is 0 Å². The second-order valence-electron chi connectivity index (χ2n) is 16.0. The quantitative estimate of drug-likeness (QED) is 0.160.